The number of benzene rings is 2. The molecule has 0 saturated heterocycles. The van der Waals surface area contributed by atoms with Crippen molar-refractivity contribution in [2.45, 2.75) is 56.4 Å². The van der Waals surface area contributed by atoms with Crippen molar-refractivity contribution in [1.29, 1.82) is 0 Å². The van der Waals surface area contributed by atoms with Gasteiger partial charge >= 0.3 is 0 Å². The van der Waals surface area contributed by atoms with Gasteiger partial charge in [-0.25, -0.2) is 0 Å². The monoisotopic (exact) mass is 446 g/mol. The van der Waals surface area contributed by atoms with Crippen molar-refractivity contribution in [3.8, 4) is 0 Å². The summed E-state index contributed by atoms with van der Waals surface area (Å²) in [6, 6.07) is 18.5. The van der Waals surface area contributed by atoms with Gasteiger partial charge in [-0.1, -0.05) is 48.9 Å². The zero-order chi connectivity index (χ0) is 21.8. The van der Waals surface area contributed by atoms with Gasteiger partial charge in [0.25, 0.3) is 0 Å². The van der Waals surface area contributed by atoms with Crippen LogP contribution < -0.4 is 5.73 Å². The molecule has 1 amide bonds. The minimum absolute atomic E-state index is 0.294. The van der Waals surface area contributed by atoms with E-state index in [2.05, 4.69) is 35.4 Å². The fraction of sp³-hybridized carbons (Fsp3) is 0.480. The van der Waals surface area contributed by atoms with E-state index >= 15 is 0 Å². The van der Waals surface area contributed by atoms with Gasteiger partial charge in [0.05, 0.1) is 0 Å². The Kier molecular flexibility index (Phi) is 11.3. The van der Waals surface area contributed by atoms with Crippen LogP contribution in [-0.2, 0) is 11.2 Å². The number of hydrogen-bond donors (Lipinski definition) is 1. The zero-order valence-electron chi connectivity index (χ0n) is 18.2. The largest absolute Gasteiger partial charge is 0.339 e. The Morgan fingerprint density at radius 3 is 2.33 bits per heavy atom. The van der Waals surface area contributed by atoms with E-state index in [-0.39, 0.29) is 0 Å². The summed E-state index contributed by atoms with van der Waals surface area (Å²) in [5, 5.41) is 0.794. The number of hydrogen-bond acceptors (Lipinski definition) is 3. The first kappa shape index (κ1) is 24.8. The highest BCUT2D eigenvalue weighted by Gasteiger charge is 2.27. The molecule has 3 rings (SSSR count). The van der Waals surface area contributed by atoms with Crippen LogP contribution in [0.1, 0.15) is 44.6 Å². The van der Waals surface area contributed by atoms with Gasteiger partial charge in [0.2, 0.25) is 5.91 Å². The predicted octanol–water partition coefficient (Wildman–Crippen LogP) is 6.05. The normalized spacial score (nSPS) is 18.3. The van der Waals surface area contributed by atoms with Crippen LogP contribution in [0.2, 0.25) is 5.02 Å². The van der Waals surface area contributed by atoms with Gasteiger partial charge in [-0.3, -0.25) is 4.79 Å². The van der Waals surface area contributed by atoms with Crippen LogP contribution in [0.4, 0.5) is 0 Å². The number of halogens is 1. The number of amides is 1. The zero-order valence-corrected chi connectivity index (χ0v) is 19.8. The van der Waals surface area contributed by atoms with Crippen molar-refractivity contribution in [3.63, 3.8) is 0 Å². The van der Waals surface area contributed by atoms with Crippen LogP contribution in [-0.4, -0.2) is 36.2 Å². The van der Waals surface area contributed by atoms with Gasteiger partial charge in [-0.05, 0) is 80.7 Å². The minimum atomic E-state index is 0.294. The first-order valence-corrected chi connectivity index (χ1v) is 12.5. The smallest absolute Gasteiger partial charge is 0.222 e. The Morgan fingerprint density at radius 2 is 1.80 bits per heavy atom. The molecular weight excluding hydrogens is 412 g/mol. The molecule has 0 radical (unpaired) electrons. The molecule has 1 fully saturated rings. The van der Waals surface area contributed by atoms with Crippen LogP contribution in [0.5, 0.6) is 0 Å². The fourth-order valence-corrected chi connectivity index (χ4v) is 4.53. The maximum absolute atomic E-state index is 12.4. The number of thioether (sulfide) groups is 1. The van der Waals surface area contributed by atoms with E-state index in [1.807, 2.05) is 37.3 Å². The molecule has 2 N–H and O–H groups in total. The Hall–Kier alpha value is -1.49. The quantitative estimate of drug-likeness (QED) is 0.526. The van der Waals surface area contributed by atoms with Crippen molar-refractivity contribution < 1.29 is 4.79 Å². The number of nitrogens with two attached hydrogens (primary N) is 1. The van der Waals surface area contributed by atoms with Gasteiger partial charge in [0.1, 0.15) is 0 Å². The lowest BCUT2D eigenvalue weighted by Gasteiger charge is -2.37. The number of carbonyl (C=O) groups excluding carboxylic acids is 1. The average molecular weight is 447 g/mol. The summed E-state index contributed by atoms with van der Waals surface area (Å²) in [6.45, 7) is 3.59. The van der Waals surface area contributed by atoms with Crippen molar-refractivity contribution in [1.82, 2.24) is 4.90 Å². The minimum Gasteiger partial charge on any atom is -0.339 e. The molecular formula is C25H35ClN2OS. The lowest BCUT2D eigenvalue weighted by atomic mass is 9.85. The van der Waals surface area contributed by atoms with E-state index in [0.29, 0.717) is 24.3 Å². The maximum Gasteiger partial charge on any atom is 0.222 e. The standard InChI is InChI=1S/C19H30N2OS.C6H5Cl/c1-3-19(22)21(17-9-7-16(14-20)8-10-17)12-11-15-5-4-6-18(13-15)23-2;7-6-4-2-1-3-5-6/h4-6,13,16-17H,3,7-12,14,20H2,1-2H3;1-5H. The van der Waals surface area contributed by atoms with Crippen LogP contribution in [0, 0.1) is 5.92 Å². The van der Waals surface area contributed by atoms with Gasteiger partial charge in [-0.2, -0.15) is 0 Å². The summed E-state index contributed by atoms with van der Waals surface area (Å²) < 4.78 is 0. The van der Waals surface area contributed by atoms with Crippen molar-refractivity contribution in [2.75, 3.05) is 19.3 Å². The Labute approximate surface area is 191 Å². The molecule has 0 unspecified atom stereocenters. The summed E-state index contributed by atoms with van der Waals surface area (Å²) in [6.07, 6.45) is 8.19. The van der Waals surface area contributed by atoms with E-state index < -0.39 is 0 Å². The molecule has 30 heavy (non-hydrogen) atoms. The topological polar surface area (TPSA) is 46.3 Å². The molecule has 0 atom stereocenters. The Morgan fingerprint density at radius 1 is 1.10 bits per heavy atom. The molecule has 164 valence electrons. The average Bonchev–Trinajstić information content (AvgIpc) is 2.80. The van der Waals surface area contributed by atoms with Gasteiger partial charge in [0, 0.05) is 28.9 Å². The second-order valence-corrected chi connectivity index (χ2v) is 9.06. The summed E-state index contributed by atoms with van der Waals surface area (Å²) in [5.41, 5.74) is 7.11. The van der Waals surface area contributed by atoms with Crippen LogP contribution >= 0.6 is 23.4 Å². The van der Waals surface area contributed by atoms with E-state index in [9.17, 15) is 4.79 Å². The highest BCUT2D eigenvalue weighted by atomic mass is 35.5. The van der Waals surface area contributed by atoms with Crippen LogP contribution in [0.3, 0.4) is 0 Å². The molecule has 5 heteroatoms. The SMILES string of the molecule is CCC(=O)N(CCc1cccc(SC)c1)C1CCC(CN)CC1.Clc1ccccc1. The number of nitrogens with zero attached hydrogens (tertiary/aromatic N) is 1. The molecule has 0 bridgehead atoms. The van der Waals surface area contributed by atoms with Crippen LogP contribution in [0.15, 0.2) is 59.5 Å². The Balaban J connectivity index is 0.000000386. The first-order valence-electron chi connectivity index (χ1n) is 10.9. The van der Waals surface area contributed by atoms with Crippen molar-refractivity contribution >= 4 is 29.3 Å². The first-order chi connectivity index (χ1) is 14.6. The highest BCUT2D eigenvalue weighted by Crippen LogP contribution is 2.27. The molecule has 3 nitrogen and oxygen atoms in total. The third-order valence-electron chi connectivity index (χ3n) is 5.72. The molecule has 0 heterocycles. The van der Waals surface area contributed by atoms with Gasteiger partial charge < -0.3 is 10.6 Å². The molecule has 2 aromatic carbocycles. The fourth-order valence-electron chi connectivity index (χ4n) is 3.90. The molecule has 0 aliphatic heterocycles. The van der Waals surface area contributed by atoms with E-state index in [1.54, 1.807) is 11.8 Å². The highest BCUT2D eigenvalue weighted by molar-refractivity contribution is 7.98. The molecule has 1 aliphatic carbocycles. The van der Waals surface area contributed by atoms with E-state index in [4.69, 9.17) is 17.3 Å². The molecule has 0 spiro atoms. The molecule has 2 aromatic rings. The third-order valence-corrected chi connectivity index (χ3v) is 6.70. The lowest BCUT2D eigenvalue weighted by Crippen LogP contribution is -2.43. The summed E-state index contributed by atoms with van der Waals surface area (Å²) in [5.74, 6) is 0.949. The van der Waals surface area contributed by atoms with Crippen LogP contribution in [0.25, 0.3) is 0 Å². The Bertz CT molecular complexity index is 748. The summed E-state index contributed by atoms with van der Waals surface area (Å²) >= 11 is 7.31. The summed E-state index contributed by atoms with van der Waals surface area (Å²) in [4.78, 5) is 15.8. The number of rotatable bonds is 7. The summed E-state index contributed by atoms with van der Waals surface area (Å²) in [7, 11) is 0. The maximum atomic E-state index is 12.4. The van der Waals surface area contributed by atoms with Gasteiger partial charge in [0.15, 0.2) is 0 Å². The second-order valence-electron chi connectivity index (χ2n) is 7.75. The second kappa shape index (κ2) is 13.7. The predicted molar refractivity (Wildman–Crippen MR) is 130 cm³/mol. The van der Waals surface area contributed by atoms with E-state index in [1.165, 1.54) is 10.5 Å². The number of carbonyl (C=O) groups is 1. The van der Waals surface area contributed by atoms with Crippen molar-refractivity contribution in [2.24, 2.45) is 11.7 Å². The molecule has 1 saturated carbocycles. The third kappa shape index (κ3) is 8.33. The molecule has 1 aliphatic rings. The van der Waals surface area contributed by atoms with Crippen molar-refractivity contribution in [3.05, 3.63) is 65.2 Å². The van der Waals surface area contributed by atoms with Gasteiger partial charge in [-0.15, -0.1) is 11.8 Å². The van der Waals surface area contributed by atoms with E-state index in [0.717, 1.165) is 50.2 Å². The lowest BCUT2D eigenvalue weighted by molar-refractivity contribution is -0.134. The molecule has 0 aromatic heterocycles.